The van der Waals surface area contributed by atoms with Gasteiger partial charge in [0.15, 0.2) is 11.5 Å². The fourth-order valence-electron chi connectivity index (χ4n) is 4.91. The molecule has 1 atom stereocenters. The van der Waals surface area contributed by atoms with E-state index in [-0.39, 0.29) is 22.8 Å². The largest absolute Gasteiger partial charge is 0.507 e. The zero-order valence-corrected chi connectivity index (χ0v) is 23.4. The van der Waals surface area contributed by atoms with E-state index in [9.17, 15) is 19.8 Å². The highest BCUT2D eigenvalue weighted by molar-refractivity contribution is 6.46. The van der Waals surface area contributed by atoms with Crippen LogP contribution in [0.1, 0.15) is 42.1 Å². The van der Waals surface area contributed by atoms with Crippen molar-refractivity contribution in [3.8, 4) is 17.2 Å². The quantitative estimate of drug-likeness (QED) is 0.198. The summed E-state index contributed by atoms with van der Waals surface area (Å²) in [5.74, 6) is -0.946. The predicted molar refractivity (Wildman–Crippen MR) is 153 cm³/mol. The standard InChI is InChI=1S/C32H36N2O6/c1-5-33(6-2)17-18-34-29(23-13-16-26(35)27(19-23)39-4)28(31(37)32(34)38)30(36)22-11-14-25(15-12-22)40-20-24-10-8-7-9-21(24)3/h7-16,19,29,35-36H,5-6,17-18,20H2,1-4H3/b30-28+. The fourth-order valence-corrected chi connectivity index (χ4v) is 4.91. The third-order valence-corrected chi connectivity index (χ3v) is 7.39. The van der Waals surface area contributed by atoms with E-state index in [1.165, 1.54) is 18.1 Å². The van der Waals surface area contributed by atoms with Gasteiger partial charge in [-0.05, 0) is 73.1 Å². The van der Waals surface area contributed by atoms with E-state index in [2.05, 4.69) is 4.90 Å². The third-order valence-electron chi connectivity index (χ3n) is 7.39. The minimum Gasteiger partial charge on any atom is -0.507 e. The minimum absolute atomic E-state index is 0.00846. The lowest BCUT2D eigenvalue weighted by atomic mass is 9.95. The maximum atomic E-state index is 13.3. The first kappa shape index (κ1) is 28.7. The Hall–Kier alpha value is -4.30. The summed E-state index contributed by atoms with van der Waals surface area (Å²) in [4.78, 5) is 30.2. The number of benzene rings is 3. The number of likely N-dealkylation sites (tertiary alicyclic amines) is 1. The molecule has 0 aromatic heterocycles. The maximum Gasteiger partial charge on any atom is 0.295 e. The Morgan fingerprint density at radius 2 is 1.70 bits per heavy atom. The van der Waals surface area contributed by atoms with Crippen molar-refractivity contribution in [1.29, 1.82) is 0 Å². The molecule has 0 aliphatic carbocycles. The van der Waals surface area contributed by atoms with Gasteiger partial charge < -0.3 is 29.5 Å². The van der Waals surface area contributed by atoms with Gasteiger partial charge in [-0.15, -0.1) is 0 Å². The Morgan fingerprint density at radius 3 is 2.35 bits per heavy atom. The van der Waals surface area contributed by atoms with Gasteiger partial charge in [0.25, 0.3) is 11.7 Å². The maximum absolute atomic E-state index is 13.3. The molecule has 0 radical (unpaired) electrons. The van der Waals surface area contributed by atoms with Crippen LogP contribution in [0.4, 0.5) is 0 Å². The lowest BCUT2D eigenvalue weighted by Crippen LogP contribution is -2.38. The van der Waals surface area contributed by atoms with E-state index in [1.807, 2.05) is 45.0 Å². The van der Waals surface area contributed by atoms with Gasteiger partial charge in [-0.3, -0.25) is 9.59 Å². The van der Waals surface area contributed by atoms with Crippen LogP contribution in [0.15, 0.2) is 72.3 Å². The molecule has 8 nitrogen and oxygen atoms in total. The molecule has 1 saturated heterocycles. The number of nitrogens with zero attached hydrogens (tertiary/aromatic N) is 2. The second kappa shape index (κ2) is 12.7. The SMILES string of the molecule is CCN(CC)CCN1C(=O)C(=O)/C(=C(/O)c2ccc(OCc3ccccc3C)cc2)C1c1ccc(O)c(OC)c1. The summed E-state index contributed by atoms with van der Waals surface area (Å²) in [6.07, 6.45) is 0. The Labute approximate surface area is 235 Å². The third kappa shape index (κ3) is 5.97. The molecule has 1 fully saturated rings. The van der Waals surface area contributed by atoms with Gasteiger partial charge in [-0.2, -0.15) is 0 Å². The number of rotatable bonds is 11. The number of aryl methyl sites for hydroxylation is 1. The predicted octanol–water partition coefficient (Wildman–Crippen LogP) is 5.05. The molecule has 0 spiro atoms. The second-order valence-electron chi connectivity index (χ2n) is 9.69. The van der Waals surface area contributed by atoms with Crippen LogP contribution in [0.25, 0.3) is 5.76 Å². The summed E-state index contributed by atoms with van der Waals surface area (Å²) in [6, 6.07) is 18.6. The van der Waals surface area contributed by atoms with Crippen LogP contribution < -0.4 is 9.47 Å². The van der Waals surface area contributed by atoms with E-state index in [0.29, 0.717) is 36.6 Å². The molecule has 1 unspecified atom stereocenters. The van der Waals surface area contributed by atoms with Crippen molar-refractivity contribution >= 4 is 17.4 Å². The van der Waals surface area contributed by atoms with Crippen LogP contribution >= 0.6 is 0 Å². The molecule has 8 heteroatoms. The van der Waals surface area contributed by atoms with Crippen molar-refractivity contribution in [2.45, 2.75) is 33.4 Å². The van der Waals surface area contributed by atoms with Gasteiger partial charge in [0, 0.05) is 18.7 Å². The number of phenolic OH excluding ortho intramolecular Hbond substituents is 1. The van der Waals surface area contributed by atoms with Gasteiger partial charge in [-0.1, -0.05) is 44.2 Å². The molecule has 1 amide bonds. The lowest BCUT2D eigenvalue weighted by molar-refractivity contribution is -0.140. The number of ether oxygens (including phenoxy) is 2. The first-order valence-corrected chi connectivity index (χ1v) is 13.4. The van der Waals surface area contributed by atoms with Gasteiger partial charge in [-0.25, -0.2) is 0 Å². The Bertz CT molecular complexity index is 1390. The second-order valence-corrected chi connectivity index (χ2v) is 9.69. The zero-order chi connectivity index (χ0) is 28.8. The minimum atomic E-state index is -0.845. The average Bonchev–Trinajstić information content (AvgIpc) is 3.22. The van der Waals surface area contributed by atoms with E-state index in [0.717, 1.165) is 24.2 Å². The monoisotopic (exact) mass is 544 g/mol. The van der Waals surface area contributed by atoms with Crippen molar-refractivity contribution < 1.29 is 29.3 Å². The molecule has 0 saturated carbocycles. The molecule has 1 aliphatic heterocycles. The first-order valence-electron chi connectivity index (χ1n) is 13.4. The summed E-state index contributed by atoms with van der Waals surface area (Å²) in [5.41, 5.74) is 3.14. The number of likely N-dealkylation sites (N-methyl/N-ethyl adjacent to an activating group) is 1. The van der Waals surface area contributed by atoms with Crippen molar-refractivity contribution in [3.05, 3.63) is 94.6 Å². The van der Waals surface area contributed by atoms with Crippen LogP contribution in [-0.4, -0.2) is 65.0 Å². The van der Waals surface area contributed by atoms with Gasteiger partial charge in [0.05, 0.1) is 18.7 Å². The normalized spacial score (nSPS) is 16.5. The molecule has 0 bridgehead atoms. The lowest BCUT2D eigenvalue weighted by Gasteiger charge is -2.28. The average molecular weight is 545 g/mol. The van der Waals surface area contributed by atoms with Crippen molar-refractivity contribution in [2.75, 3.05) is 33.3 Å². The van der Waals surface area contributed by atoms with Crippen LogP contribution in [0.5, 0.6) is 17.2 Å². The molecule has 4 rings (SSSR count). The number of hydrogen-bond acceptors (Lipinski definition) is 7. The van der Waals surface area contributed by atoms with Crippen LogP contribution in [-0.2, 0) is 16.2 Å². The van der Waals surface area contributed by atoms with Crippen LogP contribution in [0.2, 0.25) is 0 Å². The molecular weight excluding hydrogens is 508 g/mol. The zero-order valence-electron chi connectivity index (χ0n) is 23.4. The molecular formula is C32H36N2O6. The number of ketones is 1. The Morgan fingerprint density at radius 1 is 1.00 bits per heavy atom. The molecule has 210 valence electrons. The number of carbonyl (C=O) groups excluding carboxylic acids is 2. The number of aromatic hydroxyl groups is 1. The highest BCUT2D eigenvalue weighted by Crippen LogP contribution is 2.41. The van der Waals surface area contributed by atoms with E-state index in [1.54, 1.807) is 36.4 Å². The number of amides is 1. The van der Waals surface area contributed by atoms with E-state index < -0.39 is 17.7 Å². The van der Waals surface area contributed by atoms with E-state index in [4.69, 9.17) is 9.47 Å². The van der Waals surface area contributed by atoms with Crippen molar-refractivity contribution in [2.24, 2.45) is 0 Å². The summed E-state index contributed by atoms with van der Waals surface area (Å²) < 4.78 is 11.2. The van der Waals surface area contributed by atoms with Gasteiger partial charge in [0.2, 0.25) is 0 Å². The number of hydrogen-bond donors (Lipinski definition) is 2. The van der Waals surface area contributed by atoms with Crippen LogP contribution in [0, 0.1) is 6.92 Å². The molecule has 3 aromatic rings. The van der Waals surface area contributed by atoms with E-state index >= 15 is 0 Å². The smallest absolute Gasteiger partial charge is 0.295 e. The van der Waals surface area contributed by atoms with Crippen LogP contribution in [0.3, 0.4) is 0 Å². The molecule has 1 heterocycles. The highest BCUT2D eigenvalue weighted by Gasteiger charge is 2.46. The summed E-state index contributed by atoms with van der Waals surface area (Å²) in [6.45, 7) is 8.96. The Kier molecular flexibility index (Phi) is 9.11. The molecule has 2 N–H and O–H groups in total. The van der Waals surface area contributed by atoms with Crippen molar-refractivity contribution in [3.63, 3.8) is 0 Å². The van der Waals surface area contributed by atoms with Crippen molar-refractivity contribution in [1.82, 2.24) is 9.80 Å². The molecule has 1 aliphatic rings. The topological polar surface area (TPSA) is 99.5 Å². The number of carbonyl (C=O) groups is 2. The molecule has 40 heavy (non-hydrogen) atoms. The number of aliphatic hydroxyl groups is 1. The molecule has 3 aromatic carbocycles. The van der Waals surface area contributed by atoms with Gasteiger partial charge >= 0.3 is 0 Å². The summed E-state index contributed by atoms with van der Waals surface area (Å²) in [7, 11) is 1.43. The Balaban J connectivity index is 1.68. The number of aliphatic hydroxyl groups excluding tert-OH is 1. The number of methoxy groups -OCH3 is 1. The number of phenols is 1. The summed E-state index contributed by atoms with van der Waals surface area (Å²) >= 11 is 0. The highest BCUT2D eigenvalue weighted by atomic mass is 16.5. The first-order chi connectivity index (χ1) is 19.3. The van der Waals surface area contributed by atoms with Gasteiger partial charge in [0.1, 0.15) is 18.1 Å². The fraction of sp³-hybridized carbons (Fsp3) is 0.312. The number of Topliss-reactive ketones (excluding diaryl/α,β-unsaturated/α-hetero) is 1. The summed E-state index contributed by atoms with van der Waals surface area (Å²) in [5, 5.41) is 21.5.